The first-order valence-corrected chi connectivity index (χ1v) is 6.22. The molecular weight excluding hydrogens is 226 g/mol. The smallest absolute Gasteiger partial charge is 0.411 e. The summed E-state index contributed by atoms with van der Waals surface area (Å²) in [5.41, 5.74) is 0.759. The van der Waals surface area contributed by atoms with E-state index in [1.807, 2.05) is 42.5 Å². The van der Waals surface area contributed by atoms with Gasteiger partial charge in [0.1, 0.15) is 0 Å². The minimum atomic E-state index is -0.390. The van der Waals surface area contributed by atoms with Gasteiger partial charge in [-0.05, 0) is 29.3 Å². The van der Waals surface area contributed by atoms with Gasteiger partial charge in [0, 0.05) is 5.69 Å². The van der Waals surface area contributed by atoms with Crippen LogP contribution in [0.15, 0.2) is 42.5 Å². The molecule has 0 atom stereocenters. The van der Waals surface area contributed by atoms with Crippen molar-refractivity contribution in [2.75, 3.05) is 11.9 Å². The van der Waals surface area contributed by atoms with E-state index in [0.29, 0.717) is 6.61 Å². The maximum absolute atomic E-state index is 11.5. The van der Waals surface area contributed by atoms with Crippen LogP contribution in [-0.4, -0.2) is 12.7 Å². The van der Waals surface area contributed by atoms with Crippen LogP contribution < -0.4 is 5.32 Å². The molecule has 2 aromatic carbocycles. The van der Waals surface area contributed by atoms with Crippen LogP contribution in [0.3, 0.4) is 0 Å². The highest BCUT2D eigenvalue weighted by Gasteiger charge is 2.03. The number of fused-ring (bicyclic) bond motifs is 1. The number of rotatable bonds is 4. The number of anilines is 1. The summed E-state index contributed by atoms with van der Waals surface area (Å²) in [5, 5.41) is 4.99. The van der Waals surface area contributed by atoms with Gasteiger partial charge in [-0.2, -0.15) is 0 Å². The molecule has 0 bridgehead atoms. The molecule has 0 aromatic heterocycles. The summed E-state index contributed by atoms with van der Waals surface area (Å²) in [4.78, 5) is 11.5. The van der Waals surface area contributed by atoms with Crippen molar-refractivity contribution >= 4 is 22.6 Å². The third-order valence-electron chi connectivity index (χ3n) is 2.73. The minimum absolute atomic E-state index is 0.390. The molecule has 0 aliphatic heterocycles. The number of ether oxygens (including phenoxy) is 1. The Balaban J connectivity index is 2.01. The van der Waals surface area contributed by atoms with Crippen molar-refractivity contribution in [1.82, 2.24) is 0 Å². The standard InChI is InChI=1S/C15H17NO2/c1-2-3-10-18-15(17)16-14-9-8-12-6-4-5-7-13(12)11-14/h4-9,11H,2-3,10H2,1H3,(H,16,17). The Hall–Kier alpha value is -2.03. The zero-order valence-electron chi connectivity index (χ0n) is 10.5. The summed E-state index contributed by atoms with van der Waals surface area (Å²) in [6, 6.07) is 13.8. The van der Waals surface area contributed by atoms with Crippen molar-refractivity contribution in [3.05, 3.63) is 42.5 Å². The number of carbonyl (C=O) groups is 1. The van der Waals surface area contributed by atoms with Gasteiger partial charge >= 0.3 is 6.09 Å². The molecule has 2 aromatic rings. The fraction of sp³-hybridized carbons (Fsp3) is 0.267. The second kappa shape index (κ2) is 6.05. The van der Waals surface area contributed by atoms with Crippen LogP contribution in [0.5, 0.6) is 0 Å². The average molecular weight is 243 g/mol. The monoisotopic (exact) mass is 243 g/mol. The molecule has 0 heterocycles. The van der Waals surface area contributed by atoms with Crippen molar-refractivity contribution in [2.45, 2.75) is 19.8 Å². The van der Waals surface area contributed by atoms with Crippen molar-refractivity contribution in [1.29, 1.82) is 0 Å². The normalized spacial score (nSPS) is 10.3. The Morgan fingerprint density at radius 2 is 1.94 bits per heavy atom. The zero-order valence-corrected chi connectivity index (χ0v) is 10.5. The van der Waals surface area contributed by atoms with Gasteiger partial charge in [-0.1, -0.05) is 43.7 Å². The third-order valence-corrected chi connectivity index (χ3v) is 2.73. The molecule has 18 heavy (non-hydrogen) atoms. The number of hydrogen-bond acceptors (Lipinski definition) is 2. The average Bonchev–Trinajstić information content (AvgIpc) is 2.39. The van der Waals surface area contributed by atoms with Crippen molar-refractivity contribution < 1.29 is 9.53 Å². The van der Waals surface area contributed by atoms with Gasteiger partial charge < -0.3 is 4.74 Å². The largest absolute Gasteiger partial charge is 0.449 e. The third kappa shape index (κ3) is 3.23. The van der Waals surface area contributed by atoms with Gasteiger partial charge in [-0.15, -0.1) is 0 Å². The van der Waals surface area contributed by atoms with Crippen LogP contribution in [-0.2, 0) is 4.74 Å². The van der Waals surface area contributed by atoms with E-state index < -0.39 is 6.09 Å². The van der Waals surface area contributed by atoms with E-state index in [1.165, 1.54) is 0 Å². The highest BCUT2D eigenvalue weighted by atomic mass is 16.5. The molecule has 1 N–H and O–H groups in total. The summed E-state index contributed by atoms with van der Waals surface area (Å²) in [6.07, 6.45) is 1.52. The van der Waals surface area contributed by atoms with Crippen molar-refractivity contribution in [3.63, 3.8) is 0 Å². The van der Waals surface area contributed by atoms with Crippen LogP contribution in [0.25, 0.3) is 10.8 Å². The summed E-state index contributed by atoms with van der Waals surface area (Å²) in [6.45, 7) is 2.53. The van der Waals surface area contributed by atoms with Gasteiger partial charge in [0.05, 0.1) is 6.61 Å². The second-order valence-electron chi connectivity index (χ2n) is 4.18. The number of carbonyl (C=O) groups excluding carboxylic acids is 1. The van der Waals surface area contributed by atoms with Gasteiger partial charge in [-0.3, -0.25) is 5.32 Å². The summed E-state index contributed by atoms with van der Waals surface area (Å²) >= 11 is 0. The molecule has 3 nitrogen and oxygen atoms in total. The van der Waals surface area contributed by atoms with Crippen LogP contribution in [0, 0.1) is 0 Å². The molecule has 0 unspecified atom stereocenters. The zero-order chi connectivity index (χ0) is 12.8. The lowest BCUT2D eigenvalue weighted by Crippen LogP contribution is -2.14. The quantitative estimate of drug-likeness (QED) is 0.818. The van der Waals surface area contributed by atoms with Gasteiger partial charge in [0.2, 0.25) is 0 Å². The lowest BCUT2D eigenvalue weighted by Gasteiger charge is -2.07. The number of nitrogens with one attached hydrogen (secondary N) is 1. The first-order valence-electron chi connectivity index (χ1n) is 6.22. The number of unbranched alkanes of at least 4 members (excludes halogenated alkanes) is 1. The van der Waals surface area contributed by atoms with E-state index in [9.17, 15) is 4.79 Å². The molecule has 2 rings (SSSR count). The van der Waals surface area contributed by atoms with Crippen molar-refractivity contribution in [3.8, 4) is 0 Å². The molecule has 0 fully saturated rings. The second-order valence-corrected chi connectivity index (χ2v) is 4.18. The van der Waals surface area contributed by atoms with Gasteiger partial charge in [0.25, 0.3) is 0 Å². The van der Waals surface area contributed by atoms with Crippen LogP contribution in [0.4, 0.5) is 10.5 Å². The molecule has 0 aliphatic rings. The highest BCUT2D eigenvalue weighted by Crippen LogP contribution is 2.18. The van der Waals surface area contributed by atoms with E-state index >= 15 is 0 Å². The maximum atomic E-state index is 11.5. The minimum Gasteiger partial charge on any atom is -0.449 e. The number of amides is 1. The molecule has 0 saturated carbocycles. The first-order chi connectivity index (χ1) is 8.79. The summed E-state index contributed by atoms with van der Waals surface area (Å²) in [7, 11) is 0. The van der Waals surface area contributed by atoms with Crippen LogP contribution in [0.1, 0.15) is 19.8 Å². The Morgan fingerprint density at radius 3 is 2.72 bits per heavy atom. The van der Waals surface area contributed by atoms with E-state index in [0.717, 1.165) is 29.3 Å². The molecule has 3 heteroatoms. The first kappa shape index (κ1) is 12.4. The Morgan fingerprint density at radius 1 is 1.17 bits per heavy atom. The Labute approximate surface area is 107 Å². The SMILES string of the molecule is CCCCOC(=O)Nc1ccc2ccccc2c1. The topological polar surface area (TPSA) is 38.3 Å². The predicted molar refractivity (Wildman–Crippen MR) is 73.8 cm³/mol. The van der Waals surface area contributed by atoms with E-state index in [-0.39, 0.29) is 0 Å². The molecule has 0 spiro atoms. The Bertz CT molecular complexity index is 537. The van der Waals surface area contributed by atoms with E-state index in [2.05, 4.69) is 12.2 Å². The van der Waals surface area contributed by atoms with Crippen molar-refractivity contribution in [2.24, 2.45) is 0 Å². The predicted octanol–water partition coefficient (Wildman–Crippen LogP) is 4.19. The van der Waals surface area contributed by atoms with Crippen LogP contribution >= 0.6 is 0 Å². The van der Waals surface area contributed by atoms with Crippen LogP contribution in [0.2, 0.25) is 0 Å². The number of hydrogen-bond donors (Lipinski definition) is 1. The summed E-state index contributed by atoms with van der Waals surface area (Å²) < 4.78 is 5.05. The summed E-state index contributed by atoms with van der Waals surface area (Å²) in [5.74, 6) is 0. The molecule has 1 amide bonds. The lowest BCUT2D eigenvalue weighted by atomic mass is 10.1. The van der Waals surface area contributed by atoms with Gasteiger partial charge in [-0.25, -0.2) is 4.79 Å². The maximum Gasteiger partial charge on any atom is 0.411 e. The molecule has 0 aliphatic carbocycles. The molecule has 0 saturated heterocycles. The lowest BCUT2D eigenvalue weighted by molar-refractivity contribution is 0.160. The van der Waals surface area contributed by atoms with E-state index in [4.69, 9.17) is 4.74 Å². The fourth-order valence-corrected chi connectivity index (χ4v) is 1.73. The van der Waals surface area contributed by atoms with Gasteiger partial charge in [0.15, 0.2) is 0 Å². The highest BCUT2D eigenvalue weighted by molar-refractivity contribution is 5.91. The number of benzene rings is 2. The Kier molecular flexibility index (Phi) is 4.18. The van der Waals surface area contributed by atoms with E-state index in [1.54, 1.807) is 0 Å². The molecule has 0 radical (unpaired) electrons. The molecule has 94 valence electrons. The fourth-order valence-electron chi connectivity index (χ4n) is 1.73. The molecular formula is C15H17NO2.